The summed E-state index contributed by atoms with van der Waals surface area (Å²) < 4.78 is 11.7. The summed E-state index contributed by atoms with van der Waals surface area (Å²) >= 11 is 0. The van der Waals surface area contributed by atoms with Crippen molar-refractivity contribution in [2.45, 2.75) is 6.42 Å². The van der Waals surface area contributed by atoms with E-state index in [2.05, 4.69) is 15.2 Å². The van der Waals surface area contributed by atoms with Crippen LogP contribution in [0.15, 0.2) is 60.8 Å². The zero-order valence-electron chi connectivity index (χ0n) is 15.7. The lowest BCUT2D eigenvalue weighted by molar-refractivity contribution is -0.140. The van der Waals surface area contributed by atoms with Crippen LogP contribution in [0.2, 0.25) is 0 Å². The van der Waals surface area contributed by atoms with Crippen LogP contribution in [0, 0.1) is 0 Å². The van der Waals surface area contributed by atoms with Gasteiger partial charge >= 0.3 is 5.97 Å². The van der Waals surface area contributed by atoms with E-state index in [0.717, 1.165) is 5.69 Å². The molecule has 144 valence electrons. The average Bonchev–Trinajstić information content (AvgIpc) is 3.19. The highest BCUT2D eigenvalue weighted by atomic mass is 16.5. The van der Waals surface area contributed by atoms with Gasteiger partial charge in [-0.15, -0.1) is 0 Å². The molecule has 0 aliphatic heterocycles. The first kappa shape index (κ1) is 19.2. The van der Waals surface area contributed by atoms with Crippen LogP contribution >= 0.6 is 0 Å². The number of nitrogens with one attached hydrogen (secondary N) is 1. The fourth-order valence-electron chi connectivity index (χ4n) is 2.77. The molecule has 7 nitrogen and oxygen atoms in total. The van der Waals surface area contributed by atoms with Gasteiger partial charge in [-0.2, -0.15) is 5.10 Å². The van der Waals surface area contributed by atoms with Crippen molar-refractivity contribution >= 4 is 11.9 Å². The van der Waals surface area contributed by atoms with Gasteiger partial charge in [-0.1, -0.05) is 30.3 Å². The number of aromatic nitrogens is 2. The Balaban J connectivity index is 1.98. The predicted molar refractivity (Wildman–Crippen MR) is 105 cm³/mol. The zero-order valence-corrected chi connectivity index (χ0v) is 15.7. The highest BCUT2D eigenvalue weighted by Gasteiger charge is 2.21. The number of rotatable bonds is 7. The number of amides is 1. The summed E-state index contributed by atoms with van der Waals surface area (Å²) in [7, 11) is 2.89. The molecule has 0 fully saturated rings. The number of para-hydroxylation sites is 2. The molecule has 0 atom stereocenters. The number of carbonyl (C=O) groups is 2. The number of esters is 1. The molecule has 3 aromatic rings. The third kappa shape index (κ3) is 4.20. The first-order valence-corrected chi connectivity index (χ1v) is 8.77. The predicted octanol–water partition coefficient (Wildman–Crippen LogP) is 2.84. The highest BCUT2D eigenvalue weighted by molar-refractivity contribution is 6.00. The Kier molecular flexibility index (Phi) is 6.06. The molecule has 28 heavy (non-hydrogen) atoms. The standard InChI is InChI=1S/C21H21N3O4/c1-27-18-11-7-6-10-16(18)20-17(21(26)22-13-12-19(25)28-2)14-24(23-20)15-8-4-3-5-9-15/h3-11,14H,12-13H2,1-2H3,(H,22,26). The molecule has 0 aliphatic rings. The molecule has 7 heteroatoms. The van der Waals surface area contributed by atoms with E-state index in [1.165, 1.54) is 7.11 Å². The van der Waals surface area contributed by atoms with E-state index >= 15 is 0 Å². The number of hydrogen-bond acceptors (Lipinski definition) is 5. The van der Waals surface area contributed by atoms with Crippen molar-refractivity contribution in [3.63, 3.8) is 0 Å². The number of nitrogens with zero attached hydrogens (tertiary/aromatic N) is 2. The molecule has 3 rings (SSSR count). The molecular weight excluding hydrogens is 358 g/mol. The number of methoxy groups -OCH3 is 2. The van der Waals surface area contributed by atoms with Gasteiger partial charge in [0.2, 0.25) is 0 Å². The van der Waals surface area contributed by atoms with Crippen molar-refractivity contribution in [1.82, 2.24) is 15.1 Å². The SMILES string of the molecule is COC(=O)CCNC(=O)c1cn(-c2ccccc2)nc1-c1ccccc1OC. The Morgan fingerprint density at radius 1 is 1.04 bits per heavy atom. The van der Waals surface area contributed by atoms with Crippen LogP contribution in [0.25, 0.3) is 16.9 Å². The van der Waals surface area contributed by atoms with E-state index in [1.54, 1.807) is 18.0 Å². The number of carbonyl (C=O) groups excluding carboxylic acids is 2. The minimum absolute atomic E-state index is 0.0963. The summed E-state index contributed by atoms with van der Waals surface area (Å²) in [5.74, 6) is -0.0957. The normalized spacial score (nSPS) is 10.4. The van der Waals surface area contributed by atoms with E-state index in [4.69, 9.17) is 4.74 Å². The van der Waals surface area contributed by atoms with Gasteiger partial charge in [0.25, 0.3) is 5.91 Å². The lowest BCUT2D eigenvalue weighted by Gasteiger charge is -2.08. The maximum Gasteiger partial charge on any atom is 0.307 e. The molecule has 1 heterocycles. The van der Waals surface area contributed by atoms with Crippen LogP contribution in [-0.4, -0.2) is 42.4 Å². The van der Waals surface area contributed by atoms with E-state index in [1.807, 2.05) is 54.6 Å². The first-order valence-electron chi connectivity index (χ1n) is 8.77. The van der Waals surface area contributed by atoms with Gasteiger partial charge in [0, 0.05) is 18.3 Å². The van der Waals surface area contributed by atoms with Crippen LogP contribution in [0.4, 0.5) is 0 Å². The number of ether oxygens (including phenoxy) is 2. The maximum absolute atomic E-state index is 12.8. The molecule has 0 saturated carbocycles. The Labute approximate surface area is 162 Å². The average molecular weight is 379 g/mol. The number of hydrogen-bond donors (Lipinski definition) is 1. The molecule has 1 amide bonds. The van der Waals surface area contributed by atoms with Gasteiger partial charge < -0.3 is 14.8 Å². The van der Waals surface area contributed by atoms with E-state index < -0.39 is 0 Å². The minimum atomic E-state index is -0.384. The molecule has 0 saturated heterocycles. The molecule has 0 spiro atoms. The van der Waals surface area contributed by atoms with Gasteiger partial charge in [0.15, 0.2) is 0 Å². The van der Waals surface area contributed by atoms with E-state index in [0.29, 0.717) is 22.6 Å². The third-order valence-electron chi connectivity index (χ3n) is 4.18. The minimum Gasteiger partial charge on any atom is -0.496 e. The van der Waals surface area contributed by atoms with Crippen LogP contribution in [0.5, 0.6) is 5.75 Å². The molecule has 0 radical (unpaired) electrons. The fraction of sp³-hybridized carbons (Fsp3) is 0.190. The largest absolute Gasteiger partial charge is 0.496 e. The quantitative estimate of drug-likeness (QED) is 0.639. The summed E-state index contributed by atoms with van der Waals surface area (Å²) in [6, 6.07) is 16.9. The fourth-order valence-corrected chi connectivity index (χ4v) is 2.77. The van der Waals surface area contributed by atoms with Gasteiger partial charge in [-0.3, -0.25) is 9.59 Å². The van der Waals surface area contributed by atoms with Gasteiger partial charge in [0.1, 0.15) is 11.4 Å². The molecule has 1 N–H and O–H groups in total. The lowest BCUT2D eigenvalue weighted by Crippen LogP contribution is -2.26. The Morgan fingerprint density at radius 2 is 1.75 bits per heavy atom. The molecule has 2 aromatic carbocycles. The van der Waals surface area contributed by atoms with Crippen molar-refractivity contribution in [3.8, 4) is 22.7 Å². The van der Waals surface area contributed by atoms with Crippen molar-refractivity contribution in [2.75, 3.05) is 20.8 Å². The molecule has 0 unspecified atom stereocenters. The second-order valence-corrected chi connectivity index (χ2v) is 5.95. The summed E-state index contributed by atoms with van der Waals surface area (Å²) in [4.78, 5) is 24.1. The Hall–Kier alpha value is -3.61. The monoisotopic (exact) mass is 379 g/mol. The Bertz CT molecular complexity index is 967. The van der Waals surface area contributed by atoms with Crippen LogP contribution in [-0.2, 0) is 9.53 Å². The second kappa shape index (κ2) is 8.85. The Morgan fingerprint density at radius 3 is 2.46 bits per heavy atom. The highest BCUT2D eigenvalue weighted by Crippen LogP contribution is 2.31. The summed E-state index contributed by atoms with van der Waals surface area (Å²) in [6.07, 6.45) is 1.77. The molecule has 0 aliphatic carbocycles. The molecule has 1 aromatic heterocycles. The smallest absolute Gasteiger partial charge is 0.307 e. The molecular formula is C21H21N3O4. The zero-order chi connectivity index (χ0) is 19.9. The van der Waals surface area contributed by atoms with Crippen LogP contribution in [0.3, 0.4) is 0 Å². The van der Waals surface area contributed by atoms with Crippen LogP contribution in [0.1, 0.15) is 16.8 Å². The van der Waals surface area contributed by atoms with E-state index in [9.17, 15) is 9.59 Å². The van der Waals surface area contributed by atoms with Crippen molar-refractivity contribution < 1.29 is 19.1 Å². The molecule has 0 bridgehead atoms. The van der Waals surface area contributed by atoms with Gasteiger partial charge in [-0.25, -0.2) is 4.68 Å². The topological polar surface area (TPSA) is 82.5 Å². The first-order chi connectivity index (χ1) is 13.6. The third-order valence-corrected chi connectivity index (χ3v) is 4.18. The van der Waals surface area contributed by atoms with E-state index in [-0.39, 0.29) is 24.8 Å². The van der Waals surface area contributed by atoms with Crippen molar-refractivity contribution in [3.05, 3.63) is 66.4 Å². The maximum atomic E-state index is 12.8. The summed E-state index contributed by atoms with van der Waals surface area (Å²) in [5, 5.41) is 7.37. The second-order valence-electron chi connectivity index (χ2n) is 5.95. The number of benzene rings is 2. The summed E-state index contributed by atoms with van der Waals surface area (Å²) in [6.45, 7) is 0.174. The van der Waals surface area contributed by atoms with Crippen LogP contribution < -0.4 is 10.1 Å². The van der Waals surface area contributed by atoms with Crippen molar-refractivity contribution in [2.24, 2.45) is 0 Å². The summed E-state index contributed by atoms with van der Waals surface area (Å²) in [5.41, 5.74) is 2.42. The van der Waals surface area contributed by atoms with Gasteiger partial charge in [0.05, 0.1) is 31.9 Å². The lowest BCUT2D eigenvalue weighted by atomic mass is 10.1. The van der Waals surface area contributed by atoms with Crippen molar-refractivity contribution in [1.29, 1.82) is 0 Å². The van der Waals surface area contributed by atoms with Gasteiger partial charge in [-0.05, 0) is 24.3 Å².